The summed E-state index contributed by atoms with van der Waals surface area (Å²) in [6.07, 6.45) is 2.88. The summed E-state index contributed by atoms with van der Waals surface area (Å²) in [7, 11) is 0. The Kier molecular flexibility index (Phi) is 6.37. The van der Waals surface area contributed by atoms with Gasteiger partial charge in [-0.3, -0.25) is 9.59 Å². The highest BCUT2D eigenvalue weighted by atomic mass is 19.1. The molecule has 0 saturated carbocycles. The van der Waals surface area contributed by atoms with Crippen molar-refractivity contribution in [2.45, 2.75) is 19.4 Å². The van der Waals surface area contributed by atoms with Gasteiger partial charge in [0.2, 0.25) is 5.91 Å². The summed E-state index contributed by atoms with van der Waals surface area (Å²) in [5, 5.41) is 6.44. The van der Waals surface area contributed by atoms with Crippen LogP contribution in [0.4, 0.5) is 8.78 Å². The average Bonchev–Trinajstić information content (AvgIpc) is 3.08. The van der Waals surface area contributed by atoms with E-state index in [1.165, 1.54) is 5.39 Å². The van der Waals surface area contributed by atoms with Crippen LogP contribution in [0.25, 0.3) is 10.9 Å². The molecule has 2 N–H and O–H groups in total. The second kappa shape index (κ2) is 9.12. The second-order valence-electron chi connectivity index (χ2n) is 6.40. The Morgan fingerprint density at radius 3 is 2.61 bits per heavy atom. The van der Waals surface area contributed by atoms with Crippen LogP contribution in [0.3, 0.4) is 0 Å². The van der Waals surface area contributed by atoms with E-state index < -0.39 is 17.5 Å². The Balaban J connectivity index is 1.35. The molecule has 0 aliphatic carbocycles. The van der Waals surface area contributed by atoms with Gasteiger partial charge in [-0.25, -0.2) is 8.78 Å². The van der Waals surface area contributed by atoms with Gasteiger partial charge in [0.25, 0.3) is 5.91 Å². The smallest absolute Gasteiger partial charge is 0.254 e. The molecular weight excluding hydrogens is 364 g/mol. The number of carbonyl (C=O) groups is 2. The van der Waals surface area contributed by atoms with E-state index in [-0.39, 0.29) is 24.4 Å². The summed E-state index contributed by atoms with van der Waals surface area (Å²) < 4.78 is 28.5. The number of para-hydroxylation sites is 1. The zero-order valence-corrected chi connectivity index (χ0v) is 15.3. The highest BCUT2D eigenvalue weighted by Gasteiger charge is 2.12. The fraction of sp³-hybridized carbons (Fsp3) is 0.238. The number of halogens is 2. The lowest BCUT2D eigenvalue weighted by atomic mass is 10.2. The Bertz CT molecular complexity index is 985. The molecule has 0 unspecified atom stereocenters. The quantitative estimate of drug-likeness (QED) is 0.585. The molecule has 0 aliphatic rings. The molecule has 0 spiro atoms. The van der Waals surface area contributed by atoms with Crippen LogP contribution in [0.15, 0.2) is 54.7 Å². The Labute approximate surface area is 161 Å². The predicted octanol–water partition coefficient (Wildman–Crippen LogP) is 3.25. The predicted molar refractivity (Wildman–Crippen MR) is 103 cm³/mol. The van der Waals surface area contributed by atoms with Crippen molar-refractivity contribution in [2.24, 2.45) is 0 Å². The zero-order valence-electron chi connectivity index (χ0n) is 15.3. The maximum Gasteiger partial charge on any atom is 0.254 e. The van der Waals surface area contributed by atoms with Crippen LogP contribution >= 0.6 is 0 Å². The van der Waals surface area contributed by atoms with Gasteiger partial charge in [0.05, 0.1) is 5.56 Å². The van der Waals surface area contributed by atoms with Gasteiger partial charge in [-0.1, -0.05) is 18.2 Å². The van der Waals surface area contributed by atoms with Gasteiger partial charge in [-0.05, 0) is 36.1 Å². The van der Waals surface area contributed by atoms with Crippen LogP contribution in [0.2, 0.25) is 0 Å². The largest absolute Gasteiger partial charge is 0.356 e. The number of fused-ring (bicyclic) bond motifs is 1. The molecule has 0 fully saturated rings. The number of hydrogen-bond donors (Lipinski definition) is 2. The molecule has 0 saturated heterocycles. The number of aryl methyl sites for hydroxylation is 1. The molecule has 0 radical (unpaired) electrons. The number of carbonyl (C=O) groups excluding carboxylic acids is 2. The fourth-order valence-electron chi connectivity index (χ4n) is 2.96. The third kappa shape index (κ3) is 4.94. The normalized spacial score (nSPS) is 10.8. The average molecular weight is 385 g/mol. The number of nitrogens with zero attached hydrogens (tertiary/aromatic N) is 1. The molecular formula is C21H21F2N3O2. The van der Waals surface area contributed by atoms with Crippen molar-refractivity contribution in [1.29, 1.82) is 0 Å². The van der Waals surface area contributed by atoms with E-state index in [1.807, 2.05) is 18.3 Å². The van der Waals surface area contributed by atoms with Gasteiger partial charge >= 0.3 is 0 Å². The molecule has 3 rings (SSSR count). The van der Waals surface area contributed by atoms with Crippen molar-refractivity contribution in [1.82, 2.24) is 15.2 Å². The first kappa shape index (κ1) is 19.5. The number of rotatable bonds is 8. The molecule has 0 aliphatic heterocycles. The summed E-state index contributed by atoms with van der Waals surface area (Å²) in [5.74, 6) is -2.55. The third-order valence-electron chi connectivity index (χ3n) is 4.39. The van der Waals surface area contributed by atoms with E-state index in [4.69, 9.17) is 0 Å². The highest BCUT2D eigenvalue weighted by Crippen LogP contribution is 2.15. The van der Waals surface area contributed by atoms with Gasteiger partial charge < -0.3 is 15.2 Å². The van der Waals surface area contributed by atoms with Crippen molar-refractivity contribution in [2.75, 3.05) is 13.1 Å². The van der Waals surface area contributed by atoms with Crippen LogP contribution in [-0.2, 0) is 11.3 Å². The maximum atomic E-state index is 13.5. The van der Waals surface area contributed by atoms with Crippen molar-refractivity contribution in [3.63, 3.8) is 0 Å². The molecule has 0 bridgehead atoms. The molecule has 146 valence electrons. The van der Waals surface area contributed by atoms with Gasteiger partial charge in [0.1, 0.15) is 11.6 Å². The summed E-state index contributed by atoms with van der Waals surface area (Å²) in [6, 6.07) is 12.9. The van der Waals surface area contributed by atoms with Crippen LogP contribution in [0.1, 0.15) is 23.2 Å². The molecule has 7 heteroatoms. The van der Waals surface area contributed by atoms with Crippen LogP contribution < -0.4 is 10.6 Å². The molecule has 1 heterocycles. The minimum atomic E-state index is -0.931. The number of amides is 2. The molecule has 2 aromatic carbocycles. The lowest BCUT2D eigenvalue weighted by molar-refractivity contribution is -0.120. The van der Waals surface area contributed by atoms with E-state index in [1.54, 1.807) is 0 Å². The Hall–Kier alpha value is -3.22. The standard InChI is InChI=1S/C21H21F2N3O2/c22-16-6-7-17(18(23)14-16)21(28)25-11-8-20(27)24-10-3-12-26-13-9-15-4-1-2-5-19(15)26/h1-2,4-7,9,13-14H,3,8,10-12H2,(H,24,27)(H,25,28). The minimum Gasteiger partial charge on any atom is -0.356 e. The number of aromatic nitrogens is 1. The third-order valence-corrected chi connectivity index (χ3v) is 4.39. The summed E-state index contributed by atoms with van der Waals surface area (Å²) in [5.41, 5.74) is 0.908. The van der Waals surface area contributed by atoms with Crippen molar-refractivity contribution in [3.05, 3.63) is 71.9 Å². The van der Waals surface area contributed by atoms with Crippen LogP contribution in [-0.4, -0.2) is 29.5 Å². The molecule has 2 amide bonds. The van der Waals surface area contributed by atoms with Gasteiger partial charge in [0, 0.05) is 43.8 Å². The molecule has 0 atom stereocenters. The molecule has 5 nitrogen and oxygen atoms in total. The van der Waals surface area contributed by atoms with E-state index in [0.29, 0.717) is 12.6 Å². The first-order chi connectivity index (χ1) is 13.5. The minimum absolute atomic E-state index is 0.0731. The first-order valence-electron chi connectivity index (χ1n) is 9.08. The van der Waals surface area contributed by atoms with Gasteiger partial charge in [-0.2, -0.15) is 0 Å². The van der Waals surface area contributed by atoms with E-state index >= 15 is 0 Å². The van der Waals surface area contributed by atoms with Crippen LogP contribution in [0, 0.1) is 11.6 Å². The highest BCUT2D eigenvalue weighted by molar-refractivity contribution is 5.94. The zero-order chi connectivity index (χ0) is 19.9. The molecule has 3 aromatic rings. The van der Waals surface area contributed by atoms with E-state index in [2.05, 4.69) is 33.4 Å². The van der Waals surface area contributed by atoms with Crippen LogP contribution in [0.5, 0.6) is 0 Å². The Morgan fingerprint density at radius 1 is 0.964 bits per heavy atom. The maximum absolute atomic E-state index is 13.5. The summed E-state index contributed by atoms with van der Waals surface area (Å²) in [6.45, 7) is 1.38. The summed E-state index contributed by atoms with van der Waals surface area (Å²) >= 11 is 0. The first-order valence-corrected chi connectivity index (χ1v) is 9.08. The van der Waals surface area contributed by atoms with Crippen molar-refractivity contribution in [3.8, 4) is 0 Å². The number of nitrogens with one attached hydrogen (secondary N) is 2. The summed E-state index contributed by atoms with van der Waals surface area (Å²) in [4.78, 5) is 23.7. The monoisotopic (exact) mass is 385 g/mol. The van der Waals surface area contributed by atoms with Crippen molar-refractivity contribution >= 4 is 22.7 Å². The number of benzene rings is 2. The molecule has 1 aromatic heterocycles. The molecule has 28 heavy (non-hydrogen) atoms. The van der Waals surface area contributed by atoms with E-state index in [9.17, 15) is 18.4 Å². The van der Waals surface area contributed by atoms with Gasteiger partial charge in [0.15, 0.2) is 0 Å². The lowest BCUT2D eigenvalue weighted by Crippen LogP contribution is -2.31. The van der Waals surface area contributed by atoms with E-state index in [0.717, 1.165) is 30.6 Å². The number of hydrogen-bond acceptors (Lipinski definition) is 2. The topological polar surface area (TPSA) is 63.1 Å². The fourth-order valence-corrected chi connectivity index (χ4v) is 2.96. The SMILES string of the molecule is O=C(CCNC(=O)c1ccc(F)cc1F)NCCCn1ccc2ccccc21. The second-order valence-corrected chi connectivity index (χ2v) is 6.40. The lowest BCUT2D eigenvalue weighted by Gasteiger charge is -2.08. The van der Waals surface area contributed by atoms with Crippen molar-refractivity contribution < 1.29 is 18.4 Å². The van der Waals surface area contributed by atoms with Gasteiger partial charge in [-0.15, -0.1) is 0 Å². The Morgan fingerprint density at radius 2 is 1.79 bits per heavy atom.